The number of anilines is 2. The maximum Gasteiger partial charge on any atom is 0.227 e. The topological polar surface area (TPSA) is 73.5 Å². The summed E-state index contributed by atoms with van der Waals surface area (Å²) < 4.78 is 10.7. The lowest BCUT2D eigenvalue weighted by Gasteiger charge is -2.31. The summed E-state index contributed by atoms with van der Waals surface area (Å²) >= 11 is 0. The van der Waals surface area contributed by atoms with Crippen molar-refractivity contribution in [3.05, 3.63) is 12.1 Å². The van der Waals surface area contributed by atoms with Crippen LogP contribution < -0.4 is 20.1 Å². The molecule has 6 nitrogen and oxygen atoms in total. The number of nitrogens with two attached hydrogens (primary N) is 1. The van der Waals surface area contributed by atoms with E-state index in [0.717, 1.165) is 10.9 Å². The summed E-state index contributed by atoms with van der Waals surface area (Å²) in [5, 5.41) is 0.781. The van der Waals surface area contributed by atoms with Gasteiger partial charge >= 0.3 is 0 Å². The summed E-state index contributed by atoms with van der Waals surface area (Å²) in [5.41, 5.74) is 6.94. The second-order valence-electron chi connectivity index (χ2n) is 6.04. The number of fused-ring (bicyclic) bond motifs is 1. The lowest BCUT2D eigenvalue weighted by molar-refractivity contribution is 0.356. The van der Waals surface area contributed by atoms with Crippen LogP contribution in [0.15, 0.2) is 12.1 Å². The molecule has 1 heterocycles. The van der Waals surface area contributed by atoms with E-state index < -0.39 is 0 Å². The minimum absolute atomic E-state index is 0.466. The van der Waals surface area contributed by atoms with Gasteiger partial charge in [0.1, 0.15) is 5.82 Å². The van der Waals surface area contributed by atoms with E-state index in [0.29, 0.717) is 29.3 Å². The predicted octanol–water partition coefficient (Wildman–Crippen LogP) is 3.00. The van der Waals surface area contributed by atoms with E-state index in [1.54, 1.807) is 14.2 Å². The Hall–Kier alpha value is -2.24. The van der Waals surface area contributed by atoms with Gasteiger partial charge in [-0.1, -0.05) is 19.3 Å². The molecule has 1 aromatic heterocycles. The fourth-order valence-electron chi connectivity index (χ4n) is 3.26. The number of methoxy groups -OCH3 is 2. The monoisotopic (exact) mass is 316 g/mol. The Morgan fingerprint density at radius 3 is 2.35 bits per heavy atom. The van der Waals surface area contributed by atoms with Crippen molar-refractivity contribution in [3.8, 4) is 11.5 Å². The van der Waals surface area contributed by atoms with Crippen LogP contribution in [0.1, 0.15) is 32.1 Å². The molecule has 1 aliphatic carbocycles. The molecule has 1 saturated carbocycles. The second kappa shape index (κ2) is 6.48. The number of hydrogen-bond acceptors (Lipinski definition) is 6. The molecule has 23 heavy (non-hydrogen) atoms. The molecule has 0 unspecified atom stereocenters. The molecule has 1 aliphatic rings. The normalized spacial score (nSPS) is 15.6. The Morgan fingerprint density at radius 2 is 1.70 bits per heavy atom. The quantitative estimate of drug-likeness (QED) is 0.934. The van der Waals surface area contributed by atoms with Crippen molar-refractivity contribution in [3.63, 3.8) is 0 Å². The Kier molecular flexibility index (Phi) is 4.41. The van der Waals surface area contributed by atoms with E-state index >= 15 is 0 Å². The first-order chi connectivity index (χ1) is 11.1. The molecule has 0 saturated heterocycles. The minimum atomic E-state index is 0.466. The standard InChI is InChI=1S/C17H24N4O2/c1-21(11-7-5-4-6-8-11)17-19-13-10-15(23-3)14(22-2)9-12(13)16(18)20-17/h9-11H,4-8H2,1-3H3,(H2,18,19,20). The summed E-state index contributed by atoms with van der Waals surface area (Å²) in [6, 6.07) is 4.17. The summed E-state index contributed by atoms with van der Waals surface area (Å²) in [4.78, 5) is 11.4. The molecule has 3 rings (SSSR count). The van der Waals surface area contributed by atoms with Crippen molar-refractivity contribution in [2.45, 2.75) is 38.1 Å². The van der Waals surface area contributed by atoms with Gasteiger partial charge in [-0.2, -0.15) is 4.98 Å². The Morgan fingerprint density at radius 1 is 1.04 bits per heavy atom. The number of ether oxygens (including phenoxy) is 2. The van der Waals surface area contributed by atoms with E-state index in [9.17, 15) is 0 Å². The highest BCUT2D eigenvalue weighted by molar-refractivity contribution is 5.91. The van der Waals surface area contributed by atoms with Crippen molar-refractivity contribution in [1.82, 2.24) is 9.97 Å². The van der Waals surface area contributed by atoms with Gasteiger partial charge in [-0.25, -0.2) is 4.98 Å². The Balaban J connectivity index is 2.02. The number of nitrogen functional groups attached to an aromatic ring is 1. The third kappa shape index (κ3) is 2.98. The van der Waals surface area contributed by atoms with Crippen molar-refractivity contribution in [1.29, 1.82) is 0 Å². The van der Waals surface area contributed by atoms with E-state index in [2.05, 4.69) is 16.9 Å². The molecule has 0 radical (unpaired) electrons. The highest BCUT2D eigenvalue weighted by Crippen LogP contribution is 2.34. The van der Waals surface area contributed by atoms with E-state index in [1.807, 2.05) is 12.1 Å². The summed E-state index contributed by atoms with van der Waals surface area (Å²) in [5.74, 6) is 2.41. The second-order valence-corrected chi connectivity index (χ2v) is 6.04. The molecule has 0 aliphatic heterocycles. The molecule has 124 valence electrons. The fraction of sp³-hybridized carbons (Fsp3) is 0.529. The first-order valence-corrected chi connectivity index (χ1v) is 8.06. The van der Waals surface area contributed by atoms with Crippen LogP contribution in [-0.2, 0) is 0 Å². The van der Waals surface area contributed by atoms with Crippen LogP contribution in [0.2, 0.25) is 0 Å². The highest BCUT2D eigenvalue weighted by atomic mass is 16.5. The zero-order valence-electron chi connectivity index (χ0n) is 14.0. The third-order valence-corrected chi connectivity index (χ3v) is 4.66. The van der Waals surface area contributed by atoms with Crippen LogP contribution in [0.5, 0.6) is 11.5 Å². The van der Waals surface area contributed by atoms with Crippen LogP contribution in [-0.4, -0.2) is 37.3 Å². The molecule has 0 bridgehead atoms. The maximum atomic E-state index is 6.17. The zero-order chi connectivity index (χ0) is 16.4. The molecule has 2 aromatic rings. The van der Waals surface area contributed by atoms with Gasteiger partial charge in [0.15, 0.2) is 11.5 Å². The summed E-state index contributed by atoms with van der Waals surface area (Å²) in [6.07, 6.45) is 6.22. The van der Waals surface area contributed by atoms with Crippen LogP contribution >= 0.6 is 0 Å². The lowest BCUT2D eigenvalue weighted by Crippen LogP contribution is -2.34. The van der Waals surface area contributed by atoms with Crippen molar-refractivity contribution in [2.75, 3.05) is 31.9 Å². The summed E-state index contributed by atoms with van der Waals surface area (Å²) in [7, 11) is 5.27. The zero-order valence-corrected chi connectivity index (χ0v) is 14.0. The van der Waals surface area contributed by atoms with E-state index in [4.69, 9.17) is 20.2 Å². The minimum Gasteiger partial charge on any atom is -0.493 e. The van der Waals surface area contributed by atoms with Crippen LogP contribution in [0.25, 0.3) is 10.9 Å². The van der Waals surface area contributed by atoms with Gasteiger partial charge in [-0.3, -0.25) is 0 Å². The lowest BCUT2D eigenvalue weighted by atomic mass is 9.95. The first-order valence-electron chi connectivity index (χ1n) is 8.06. The van der Waals surface area contributed by atoms with Crippen molar-refractivity contribution >= 4 is 22.7 Å². The predicted molar refractivity (Wildman–Crippen MR) is 92.3 cm³/mol. The largest absolute Gasteiger partial charge is 0.493 e. The maximum absolute atomic E-state index is 6.17. The molecule has 6 heteroatoms. The number of benzene rings is 1. The molecule has 1 aromatic carbocycles. The van der Waals surface area contributed by atoms with Crippen molar-refractivity contribution in [2.24, 2.45) is 0 Å². The molecule has 0 amide bonds. The number of nitrogens with zero attached hydrogens (tertiary/aromatic N) is 3. The molecule has 1 fully saturated rings. The average molecular weight is 316 g/mol. The molecule has 0 spiro atoms. The van der Waals surface area contributed by atoms with Crippen LogP contribution in [0.3, 0.4) is 0 Å². The fourth-order valence-corrected chi connectivity index (χ4v) is 3.26. The van der Waals surface area contributed by atoms with Crippen molar-refractivity contribution < 1.29 is 9.47 Å². The van der Waals surface area contributed by atoms with Crippen LogP contribution in [0, 0.1) is 0 Å². The van der Waals surface area contributed by atoms with Gasteiger partial charge < -0.3 is 20.1 Å². The Labute approximate surface area is 136 Å². The number of hydrogen-bond donors (Lipinski definition) is 1. The average Bonchev–Trinajstić information content (AvgIpc) is 2.60. The smallest absolute Gasteiger partial charge is 0.227 e. The van der Waals surface area contributed by atoms with Crippen LogP contribution in [0.4, 0.5) is 11.8 Å². The highest BCUT2D eigenvalue weighted by Gasteiger charge is 2.21. The van der Waals surface area contributed by atoms with Gasteiger partial charge in [0.2, 0.25) is 5.95 Å². The molecule has 0 atom stereocenters. The van der Waals surface area contributed by atoms with E-state index in [-0.39, 0.29) is 0 Å². The van der Waals surface area contributed by atoms with Gasteiger partial charge in [0, 0.05) is 24.5 Å². The number of aromatic nitrogens is 2. The summed E-state index contributed by atoms with van der Waals surface area (Å²) in [6.45, 7) is 0. The first kappa shape index (κ1) is 15.6. The van der Waals surface area contributed by atoms with Gasteiger partial charge in [-0.05, 0) is 18.9 Å². The molecular formula is C17H24N4O2. The Bertz CT molecular complexity index is 699. The third-order valence-electron chi connectivity index (χ3n) is 4.66. The molecule has 2 N–H and O–H groups in total. The SMILES string of the molecule is COc1cc2nc(N(C)C3CCCCC3)nc(N)c2cc1OC. The van der Waals surface area contributed by atoms with Gasteiger partial charge in [0.25, 0.3) is 0 Å². The van der Waals surface area contributed by atoms with Gasteiger partial charge in [0.05, 0.1) is 19.7 Å². The number of rotatable bonds is 4. The van der Waals surface area contributed by atoms with Gasteiger partial charge in [-0.15, -0.1) is 0 Å². The van der Waals surface area contributed by atoms with E-state index in [1.165, 1.54) is 32.1 Å². The molecular weight excluding hydrogens is 292 g/mol.